The fraction of sp³-hybridized carbons (Fsp3) is 0.533. The summed E-state index contributed by atoms with van der Waals surface area (Å²) in [6, 6.07) is 5.81. The number of rotatable bonds is 2. The van der Waals surface area contributed by atoms with Crippen LogP contribution in [-0.2, 0) is 6.42 Å². The molecule has 0 N–H and O–H groups in total. The van der Waals surface area contributed by atoms with Crippen LogP contribution in [0.25, 0.3) is 0 Å². The van der Waals surface area contributed by atoms with E-state index in [9.17, 15) is 4.79 Å². The highest BCUT2D eigenvalue weighted by molar-refractivity contribution is 6.00. The molecule has 0 bridgehead atoms. The smallest absolute Gasteiger partial charge is 0.181 e. The van der Waals surface area contributed by atoms with Crippen molar-refractivity contribution in [1.82, 2.24) is 9.80 Å². The number of benzene rings is 1. The first kappa shape index (κ1) is 12.6. The molecule has 19 heavy (non-hydrogen) atoms. The maximum absolute atomic E-state index is 12.6. The second kappa shape index (κ2) is 4.94. The Bertz CT molecular complexity index is 501. The lowest BCUT2D eigenvalue weighted by atomic mass is 9.98. The zero-order valence-electron chi connectivity index (χ0n) is 11.6. The van der Waals surface area contributed by atoms with Gasteiger partial charge in [-0.15, -0.1) is 0 Å². The fourth-order valence-corrected chi connectivity index (χ4v) is 2.83. The van der Waals surface area contributed by atoms with Gasteiger partial charge in [0.2, 0.25) is 0 Å². The molecular weight excluding hydrogens is 240 g/mol. The topological polar surface area (TPSA) is 32.8 Å². The molecule has 0 aromatic heterocycles. The van der Waals surface area contributed by atoms with E-state index in [1.54, 1.807) is 0 Å². The summed E-state index contributed by atoms with van der Waals surface area (Å²) in [7, 11) is 4.11. The Hall–Kier alpha value is -1.39. The molecule has 2 aliphatic rings. The normalized spacial score (nSPS) is 24.0. The molecule has 3 rings (SSSR count). The average Bonchev–Trinajstić information content (AvgIpc) is 2.88. The van der Waals surface area contributed by atoms with Gasteiger partial charge in [-0.25, -0.2) is 0 Å². The van der Waals surface area contributed by atoms with E-state index in [4.69, 9.17) is 4.74 Å². The van der Waals surface area contributed by atoms with Crippen LogP contribution in [0.5, 0.6) is 5.75 Å². The molecule has 102 valence electrons. The third kappa shape index (κ3) is 2.38. The first-order valence-corrected chi connectivity index (χ1v) is 6.84. The van der Waals surface area contributed by atoms with E-state index >= 15 is 0 Å². The summed E-state index contributed by atoms with van der Waals surface area (Å²) >= 11 is 0. The van der Waals surface area contributed by atoms with Crippen LogP contribution in [-0.4, -0.2) is 62.0 Å². The van der Waals surface area contributed by atoms with Gasteiger partial charge in [-0.05, 0) is 37.9 Å². The predicted molar refractivity (Wildman–Crippen MR) is 73.9 cm³/mol. The Morgan fingerprint density at radius 2 is 2.16 bits per heavy atom. The number of ether oxygens (including phenoxy) is 1. The number of ketones is 1. The van der Waals surface area contributed by atoms with E-state index in [1.807, 2.05) is 25.2 Å². The number of nitrogens with zero attached hydrogens (tertiary/aromatic N) is 2. The molecule has 4 nitrogen and oxygen atoms in total. The summed E-state index contributed by atoms with van der Waals surface area (Å²) in [6.45, 7) is 3.52. The third-order valence-electron chi connectivity index (χ3n) is 4.13. The third-order valence-corrected chi connectivity index (χ3v) is 4.13. The van der Waals surface area contributed by atoms with E-state index in [0.717, 1.165) is 49.5 Å². The number of hydrogen-bond donors (Lipinski definition) is 0. The Labute approximate surface area is 113 Å². The fourth-order valence-electron chi connectivity index (χ4n) is 2.83. The van der Waals surface area contributed by atoms with E-state index in [1.165, 1.54) is 0 Å². The van der Waals surface area contributed by atoms with Crippen molar-refractivity contribution in [1.29, 1.82) is 0 Å². The van der Waals surface area contributed by atoms with Crippen LogP contribution < -0.4 is 4.74 Å². The molecule has 1 unspecified atom stereocenters. The number of carbonyl (C=O) groups is 1. The molecule has 4 heteroatoms. The molecule has 2 aliphatic heterocycles. The van der Waals surface area contributed by atoms with Gasteiger partial charge >= 0.3 is 0 Å². The van der Waals surface area contributed by atoms with Gasteiger partial charge in [0.05, 0.1) is 12.6 Å². The number of piperazine rings is 1. The number of carbonyl (C=O) groups excluding carboxylic acids is 1. The monoisotopic (exact) mass is 260 g/mol. The predicted octanol–water partition coefficient (Wildman–Crippen LogP) is 1.05. The minimum absolute atomic E-state index is 0.0286. The molecule has 0 spiro atoms. The van der Waals surface area contributed by atoms with Crippen LogP contribution in [0, 0.1) is 0 Å². The molecule has 0 amide bonds. The summed E-state index contributed by atoms with van der Waals surface area (Å²) in [5, 5.41) is 0. The van der Waals surface area contributed by atoms with Crippen molar-refractivity contribution in [2.45, 2.75) is 12.5 Å². The number of Topliss-reactive ketones (excluding diaryl/α,β-unsaturated/α-hetero) is 1. The minimum Gasteiger partial charge on any atom is -0.493 e. The minimum atomic E-state index is -0.0286. The first-order valence-electron chi connectivity index (χ1n) is 6.84. The standard InChI is InChI=1S/C15H20N2O2/c1-16-6-7-17(2)13(10-16)15(18)12-3-4-14-11(9-12)5-8-19-14/h3-4,9,13H,5-8,10H2,1-2H3. The van der Waals surface area contributed by atoms with Gasteiger partial charge < -0.3 is 9.64 Å². The van der Waals surface area contributed by atoms with Crippen molar-refractivity contribution in [3.8, 4) is 5.75 Å². The highest BCUT2D eigenvalue weighted by atomic mass is 16.5. The maximum atomic E-state index is 12.6. The zero-order valence-corrected chi connectivity index (χ0v) is 11.6. The second-order valence-corrected chi connectivity index (χ2v) is 5.54. The molecule has 1 aromatic carbocycles. The number of fused-ring (bicyclic) bond motifs is 1. The summed E-state index contributed by atoms with van der Waals surface area (Å²) in [5.41, 5.74) is 1.98. The van der Waals surface area contributed by atoms with E-state index < -0.39 is 0 Å². The molecule has 1 atom stereocenters. The molecule has 2 heterocycles. The molecule has 0 radical (unpaired) electrons. The molecule has 1 aromatic rings. The van der Waals surface area contributed by atoms with E-state index in [0.29, 0.717) is 0 Å². The van der Waals surface area contributed by atoms with Crippen molar-refractivity contribution in [2.24, 2.45) is 0 Å². The first-order chi connectivity index (χ1) is 9.15. The van der Waals surface area contributed by atoms with Crippen LogP contribution in [0.4, 0.5) is 0 Å². The lowest BCUT2D eigenvalue weighted by Crippen LogP contribution is -2.53. The van der Waals surface area contributed by atoms with Gasteiger partial charge in [-0.2, -0.15) is 0 Å². The van der Waals surface area contributed by atoms with Crippen molar-refractivity contribution in [3.05, 3.63) is 29.3 Å². The lowest BCUT2D eigenvalue weighted by molar-refractivity contribution is 0.0686. The zero-order chi connectivity index (χ0) is 13.4. The lowest BCUT2D eigenvalue weighted by Gasteiger charge is -2.36. The van der Waals surface area contributed by atoms with Crippen molar-refractivity contribution in [3.63, 3.8) is 0 Å². The Morgan fingerprint density at radius 3 is 3.00 bits per heavy atom. The van der Waals surface area contributed by atoms with Crippen LogP contribution in [0.15, 0.2) is 18.2 Å². The SMILES string of the molecule is CN1CCN(C)C(C(=O)c2ccc3c(c2)CCO3)C1. The Balaban J connectivity index is 1.83. The van der Waals surface area contributed by atoms with Gasteiger partial charge in [0.25, 0.3) is 0 Å². The van der Waals surface area contributed by atoms with Crippen molar-refractivity contribution in [2.75, 3.05) is 40.3 Å². The summed E-state index contributed by atoms with van der Waals surface area (Å²) < 4.78 is 5.49. The highest BCUT2D eigenvalue weighted by Crippen LogP contribution is 2.26. The Kier molecular flexibility index (Phi) is 3.29. The molecule has 0 aliphatic carbocycles. The Morgan fingerprint density at radius 1 is 1.32 bits per heavy atom. The van der Waals surface area contributed by atoms with Crippen LogP contribution in [0.2, 0.25) is 0 Å². The van der Waals surface area contributed by atoms with Crippen molar-refractivity contribution < 1.29 is 9.53 Å². The van der Waals surface area contributed by atoms with Crippen LogP contribution in [0.3, 0.4) is 0 Å². The summed E-state index contributed by atoms with van der Waals surface area (Å²) in [6.07, 6.45) is 0.914. The second-order valence-electron chi connectivity index (χ2n) is 5.54. The van der Waals surface area contributed by atoms with Crippen molar-refractivity contribution >= 4 is 5.78 Å². The molecular formula is C15H20N2O2. The van der Waals surface area contributed by atoms with E-state index in [2.05, 4.69) is 16.8 Å². The van der Waals surface area contributed by atoms with Gasteiger partial charge in [-0.1, -0.05) is 0 Å². The van der Waals surface area contributed by atoms with Crippen LogP contribution >= 0.6 is 0 Å². The average molecular weight is 260 g/mol. The molecule has 0 saturated carbocycles. The van der Waals surface area contributed by atoms with E-state index in [-0.39, 0.29) is 11.8 Å². The van der Waals surface area contributed by atoms with Crippen LogP contribution in [0.1, 0.15) is 15.9 Å². The maximum Gasteiger partial charge on any atom is 0.181 e. The highest BCUT2D eigenvalue weighted by Gasteiger charge is 2.29. The summed E-state index contributed by atoms with van der Waals surface area (Å²) in [4.78, 5) is 17.0. The molecule has 1 fully saturated rings. The number of hydrogen-bond acceptors (Lipinski definition) is 4. The number of likely N-dealkylation sites (N-methyl/N-ethyl adjacent to an activating group) is 2. The van der Waals surface area contributed by atoms with Gasteiger partial charge in [0.1, 0.15) is 5.75 Å². The summed E-state index contributed by atoms with van der Waals surface area (Å²) in [5.74, 6) is 1.16. The van der Waals surface area contributed by atoms with Gasteiger partial charge in [0, 0.05) is 31.6 Å². The molecule has 1 saturated heterocycles. The van der Waals surface area contributed by atoms with Gasteiger partial charge in [-0.3, -0.25) is 9.69 Å². The quantitative estimate of drug-likeness (QED) is 0.744. The largest absolute Gasteiger partial charge is 0.493 e. The van der Waals surface area contributed by atoms with Gasteiger partial charge in [0.15, 0.2) is 5.78 Å².